The Hall–Kier alpha value is -0.900. The molecule has 7 rings (SSSR count). The Labute approximate surface area is 218 Å². The van der Waals surface area contributed by atoms with Gasteiger partial charge in [-0.15, -0.1) is 0 Å². The van der Waals surface area contributed by atoms with Crippen molar-refractivity contribution in [2.45, 2.75) is 128 Å². The Kier molecular flexibility index (Phi) is 5.10. The van der Waals surface area contributed by atoms with Gasteiger partial charge in [-0.3, -0.25) is 0 Å². The summed E-state index contributed by atoms with van der Waals surface area (Å²) in [4.78, 5) is 0. The third-order valence-electron chi connectivity index (χ3n) is 13.7. The number of piperidine rings is 2. The average Bonchev–Trinajstić information content (AvgIpc) is 3.27. The van der Waals surface area contributed by atoms with Crippen LogP contribution in [0.15, 0.2) is 34.9 Å². The zero-order valence-corrected chi connectivity index (χ0v) is 23.2. The van der Waals surface area contributed by atoms with Gasteiger partial charge < -0.3 is 15.5 Å². The van der Waals surface area contributed by atoms with Crippen molar-refractivity contribution in [3.05, 3.63) is 34.9 Å². The Balaban J connectivity index is 1.24. The van der Waals surface area contributed by atoms with E-state index in [-0.39, 0.29) is 11.1 Å². The van der Waals surface area contributed by atoms with Crippen molar-refractivity contribution in [1.82, 2.24) is 5.32 Å². The second-order valence-electron chi connectivity index (χ2n) is 15.2. The fourth-order valence-corrected chi connectivity index (χ4v) is 12.0. The number of fused-ring (bicyclic) bond motifs is 3. The molecular formula is C33H49NO2. The van der Waals surface area contributed by atoms with Crippen LogP contribution in [0.25, 0.3) is 0 Å². The first-order valence-electron chi connectivity index (χ1n) is 15.2. The number of aliphatic hydroxyl groups excluding tert-OH is 2. The van der Waals surface area contributed by atoms with Crippen molar-refractivity contribution < 1.29 is 10.2 Å². The Morgan fingerprint density at radius 3 is 2.53 bits per heavy atom. The van der Waals surface area contributed by atoms with Crippen molar-refractivity contribution in [2.75, 3.05) is 0 Å². The van der Waals surface area contributed by atoms with Crippen LogP contribution in [0.3, 0.4) is 0 Å². The van der Waals surface area contributed by atoms with Crippen LogP contribution >= 0.6 is 0 Å². The van der Waals surface area contributed by atoms with E-state index in [1.165, 1.54) is 69.8 Å². The quantitative estimate of drug-likeness (QED) is 0.388. The van der Waals surface area contributed by atoms with Crippen LogP contribution in [0.4, 0.5) is 0 Å². The molecule has 2 heterocycles. The molecule has 6 fully saturated rings. The molecule has 0 aromatic carbocycles. The lowest BCUT2D eigenvalue weighted by atomic mass is 9.49. The van der Waals surface area contributed by atoms with Gasteiger partial charge in [-0.25, -0.2) is 0 Å². The van der Waals surface area contributed by atoms with Gasteiger partial charge in [-0.05, 0) is 144 Å². The molecule has 0 amide bonds. The Morgan fingerprint density at radius 2 is 1.75 bits per heavy atom. The van der Waals surface area contributed by atoms with Crippen molar-refractivity contribution in [2.24, 2.45) is 40.4 Å². The molecule has 3 nitrogen and oxygen atoms in total. The summed E-state index contributed by atoms with van der Waals surface area (Å²) in [6, 6.07) is 0. The normalized spacial score (nSPS) is 55.5. The largest absolute Gasteiger partial charge is 0.390 e. The third-order valence-corrected chi connectivity index (χ3v) is 13.7. The van der Waals surface area contributed by atoms with Gasteiger partial charge in [0.2, 0.25) is 0 Å². The highest BCUT2D eigenvalue weighted by molar-refractivity contribution is 5.45. The van der Waals surface area contributed by atoms with Gasteiger partial charge in [-0.2, -0.15) is 0 Å². The van der Waals surface area contributed by atoms with Gasteiger partial charge in [0.25, 0.3) is 0 Å². The fourth-order valence-electron chi connectivity index (χ4n) is 12.0. The summed E-state index contributed by atoms with van der Waals surface area (Å²) in [7, 11) is 0. The lowest BCUT2D eigenvalue weighted by Crippen LogP contribution is -2.73. The van der Waals surface area contributed by atoms with Gasteiger partial charge in [0.1, 0.15) is 0 Å². The summed E-state index contributed by atoms with van der Waals surface area (Å²) >= 11 is 0. The zero-order valence-electron chi connectivity index (χ0n) is 23.2. The fraction of sp³-hybridized carbons (Fsp3) is 0.818. The molecule has 2 saturated heterocycles. The van der Waals surface area contributed by atoms with E-state index in [1.54, 1.807) is 16.7 Å². The van der Waals surface area contributed by atoms with E-state index in [9.17, 15) is 10.2 Å². The standard InChI is InChI=1S/C33H49NO2/c1-19(2)21-6-8-30(4)18-25(12-20(3)26(30)14-21)32-9-7-23-16-24-13-22-15-28(35)29(36)17-27(22)33(24,11-10-32)31(23,5)34-32/h12,21-24,27-29,34-36H,1,6-11,13-18H2,2-5H3. The summed E-state index contributed by atoms with van der Waals surface area (Å²) in [6.45, 7) is 14.1. The van der Waals surface area contributed by atoms with Gasteiger partial charge >= 0.3 is 0 Å². The molecule has 4 saturated carbocycles. The highest BCUT2D eigenvalue weighted by Gasteiger charge is 2.74. The summed E-state index contributed by atoms with van der Waals surface area (Å²) in [5.74, 6) is 3.37. The van der Waals surface area contributed by atoms with E-state index in [0.717, 1.165) is 24.7 Å². The molecule has 11 unspecified atom stereocenters. The number of hydrogen-bond acceptors (Lipinski definition) is 3. The predicted octanol–water partition coefficient (Wildman–Crippen LogP) is 6.46. The van der Waals surface area contributed by atoms with Gasteiger partial charge in [0.05, 0.1) is 12.2 Å². The van der Waals surface area contributed by atoms with E-state index in [4.69, 9.17) is 0 Å². The lowest BCUT2D eigenvalue weighted by Gasteiger charge is -2.65. The Bertz CT molecular complexity index is 1060. The minimum Gasteiger partial charge on any atom is -0.390 e. The predicted molar refractivity (Wildman–Crippen MR) is 145 cm³/mol. The SMILES string of the molecule is C=C(C)C1CCC2(C)CC(C34CCC5CC6CC7CC(O)C(O)CC7C6(CC3)C5(C)N4)=CC(C)=C2C1. The lowest BCUT2D eigenvalue weighted by molar-refractivity contribution is -0.112. The molecule has 7 aliphatic rings. The molecule has 198 valence electrons. The Morgan fingerprint density at radius 1 is 0.972 bits per heavy atom. The molecule has 0 aromatic heterocycles. The summed E-state index contributed by atoms with van der Waals surface area (Å²) in [6.07, 6.45) is 16.1. The maximum Gasteiger partial charge on any atom is 0.0802 e. The summed E-state index contributed by atoms with van der Waals surface area (Å²) < 4.78 is 0. The second-order valence-corrected chi connectivity index (χ2v) is 15.2. The first-order chi connectivity index (χ1) is 17.0. The molecule has 3 heteroatoms. The van der Waals surface area contributed by atoms with E-state index in [1.807, 2.05) is 0 Å². The zero-order chi connectivity index (χ0) is 25.3. The van der Waals surface area contributed by atoms with Crippen molar-refractivity contribution >= 4 is 0 Å². The average molecular weight is 492 g/mol. The van der Waals surface area contributed by atoms with Gasteiger partial charge in [-0.1, -0.05) is 36.3 Å². The summed E-state index contributed by atoms with van der Waals surface area (Å²) in [5.41, 5.74) is 7.25. The maximum atomic E-state index is 10.7. The highest BCUT2D eigenvalue weighted by Crippen LogP contribution is 2.74. The second kappa shape index (κ2) is 7.60. The number of aliphatic hydroxyl groups is 2. The van der Waals surface area contributed by atoms with Crippen LogP contribution < -0.4 is 5.32 Å². The van der Waals surface area contributed by atoms with Crippen LogP contribution in [-0.4, -0.2) is 33.5 Å². The molecule has 5 aliphatic carbocycles. The molecule has 1 spiro atoms. The third kappa shape index (κ3) is 2.92. The molecule has 2 aliphatic heterocycles. The van der Waals surface area contributed by atoms with Gasteiger partial charge in [0, 0.05) is 11.1 Å². The number of nitrogens with one attached hydrogen (secondary N) is 1. The van der Waals surface area contributed by atoms with Crippen LogP contribution in [-0.2, 0) is 0 Å². The van der Waals surface area contributed by atoms with Crippen molar-refractivity contribution in [3.63, 3.8) is 0 Å². The van der Waals surface area contributed by atoms with Crippen LogP contribution in [0, 0.1) is 40.4 Å². The molecular weight excluding hydrogens is 442 g/mol. The number of allylic oxidation sites excluding steroid dienone is 4. The molecule has 0 radical (unpaired) electrons. The van der Waals surface area contributed by atoms with Crippen LogP contribution in [0.5, 0.6) is 0 Å². The van der Waals surface area contributed by atoms with Crippen molar-refractivity contribution in [3.8, 4) is 0 Å². The number of hydrogen-bond donors (Lipinski definition) is 3. The molecule has 11 atom stereocenters. The molecule has 36 heavy (non-hydrogen) atoms. The summed E-state index contributed by atoms with van der Waals surface area (Å²) in [5, 5.41) is 25.7. The van der Waals surface area contributed by atoms with Crippen LogP contribution in [0.2, 0.25) is 0 Å². The van der Waals surface area contributed by atoms with E-state index in [2.05, 4.69) is 45.7 Å². The monoisotopic (exact) mass is 491 g/mol. The van der Waals surface area contributed by atoms with E-state index >= 15 is 0 Å². The molecule has 2 bridgehead atoms. The van der Waals surface area contributed by atoms with E-state index in [0.29, 0.717) is 28.6 Å². The molecule has 0 aromatic rings. The molecule has 3 N–H and O–H groups in total. The minimum absolute atomic E-state index is 0.150. The smallest absolute Gasteiger partial charge is 0.0802 e. The van der Waals surface area contributed by atoms with Gasteiger partial charge in [0.15, 0.2) is 0 Å². The highest BCUT2D eigenvalue weighted by atomic mass is 16.3. The van der Waals surface area contributed by atoms with Crippen molar-refractivity contribution in [1.29, 1.82) is 0 Å². The number of rotatable bonds is 2. The first kappa shape index (κ1) is 24.2. The minimum atomic E-state index is -0.529. The topological polar surface area (TPSA) is 52.5 Å². The van der Waals surface area contributed by atoms with E-state index < -0.39 is 12.2 Å². The first-order valence-corrected chi connectivity index (χ1v) is 15.2. The van der Waals surface area contributed by atoms with Crippen LogP contribution in [0.1, 0.15) is 105 Å². The maximum absolute atomic E-state index is 10.7.